The van der Waals surface area contributed by atoms with Gasteiger partial charge >= 0.3 is 0 Å². The lowest BCUT2D eigenvalue weighted by Gasteiger charge is -2.15. The zero-order valence-corrected chi connectivity index (χ0v) is 8.96. The van der Waals surface area contributed by atoms with Gasteiger partial charge in [0.05, 0.1) is 0 Å². The number of carbonyl (C=O) groups excluding carboxylic acids is 1. The van der Waals surface area contributed by atoms with Crippen LogP contribution in [-0.4, -0.2) is 37.5 Å². The fraction of sp³-hybridized carbons (Fsp3) is 0.727. The Hall–Kier alpha value is -0.830. The highest BCUT2D eigenvalue weighted by Gasteiger charge is 2.24. The lowest BCUT2D eigenvalue weighted by atomic mass is 10.1. The Morgan fingerprint density at radius 1 is 1.71 bits per heavy atom. The van der Waals surface area contributed by atoms with Gasteiger partial charge in [-0.3, -0.25) is 4.79 Å². The molecule has 1 rings (SSSR count). The minimum absolute atomic E-state index is 0.281. The first-order valence-electron chi connectivity index (χ1n) is 5.31. The second-order valence-electron chi connectivity index (χ2n) is 3.88. The van der Waals surface area contributed by atoms with E-state index in [1.54, 1.807) is 6.08 Å². The molecule has 1 fully saturated rings. The maximum atomic E-state index is 11.6. The number of hydrogen-bond donors (Lipinski definition) is 1. The van der Waals surface area contributed by atoms with E-state index in [0.717, 1.165) is 32.5 Å². The van der Waals surface area contributed by atoms with Crippen molar-refractivity contribution in [3.63, 3.8) is 0 Å². The number of nitrogens with one attached hydrogen (secondary N) is 1. The van der Waals surface area contributed by atoms with Gasteiger partial charge in [0.25, 0.3) is 0 Å². The average Bonchev–Trinajstić information content (AvgIpc) is 2.63. The van der Waals surface area contributed by atoms with Crippen LogP contribution in [0.3, 0.4) is 0 Å². The summed E-state index contributed by atoms with van der Waals surface area (Å²) in [5.74, 6) is 0.927. The Kier molecular flexibility index (Phi) is 4.66. The van der Waals surface area contributed by atoms with Gasteiger partial charge in [0, 0.05) is 19.5 Å². The number of carbonyl (C=O) groups is 1. The summed E-state index contributed by atoms with van der Waals surface area (Å²) in [5.41, 5.74) is 0. The summed E-state index contributed by atoms with van der Waals surface area (Å²) in [6.07, 6.45) is 4.36. The van der Waals surface area contributed by atoms with E-state index < -0.39 is 0 Å². The molecule has 1 heterocycles. The van der Waals surface area contributed by atoms with E-state index in [4.69, 9.17) is 0 Å². The number of nitrogens with zero attached hydrogens (tertiary/aromatic N) is 1. The summed E-state index contributed by atoms with van der Waals surface area (Å²) in [5, 5.41) is 3.16. The number of likely N-dealkylation sites (tertiary alicyclic amines) is 1. The van der Waals surface area contributed by atoms with Crippen molar-refractivity contribution in [2.24, 2.45) is 5.92 Å². The van der Waals surface area contributed by atoms with Crippen LogP contribution in [0.2, 0.25) is 0 Å². The number of rotatable bonds is 5. The molecule has 0 radical (unpaired) electrons. The van der Waals surface area contributed by atoms with Crippen LogP contribution in [-0.2, 0) is 4.79 Å². The summed E-state index contributed by atoms with van der Waals surface area (Å²) in [6.45, 7) is 6.50. The van der Waals surface area contributed by atoms with Crippen LogP contribution in [0.15, 0.2) is 12.7 Å². The second kappa shape index (κ2) is 5.81. The first kappa shape index (κ1) is 11.2. The molecule has 0 spiro atoms. The molecule has 1 amide bonds. The molecule has 0 aromatic rings. The molecule has 1 unspecified atom stereocenters. The molecule has 14 heavy (non-hydrogen) atoms. The van der Waals surface area contributed by atoms with Gasteiger partial charge in [0.15, 0.2) is 0 Å². The van der Waals surface area contributed by atoms with Crippen LogP contribution >= 0.6 is 0 Å². The quantitative estimate of drug-likeness (QED) is 0.666. The highest BCUT2D eigenvalue weighted by atomic mass is 16.2. The molecule has 0 aliphatic carbocycles. The van der Waals surface area contributed by atoms with Gasteiger partial charge in [-0.2, -0.15) is 0 Å². The largest absolute Gasteiger partial charge is 0.342 e. The van der Waals surface area contributed by atoms with Gasteiger partial charge in [0.1, 0.15) is 0 Å². The SMILES string of the molecule is C=CCCC(=O)N1CCC(CNC)C1. The van der Waals surface area contributed by atoms with Gasteiger partial charge in [-0.15, -0.1) is 6.58 Å². The highest BCUT2D eigenvalue weighted by Crippen LogP contribution is 2.16. The van der Waals surface area contributed by atoms with E-state index >= 15 is 0 Å². The molecular formula is C11H20N2O. The van der Waals surface area contributed by atoms with Crippen molar-refractivity contribution in [2.75, 3.05) is 26.7 Å². The summed E-state index contributed by atoms with van der Waals surface area (Å²) >= 11 is 0. The number of amides is 1. The van der Waals surface area contributed by atoms with Crippen molar-refractivity contribution in [1.82, 2.24) is 10.2 Å². The van der Waals surface area contributed by atoms with Crippen molar-refractivity contribution < 1.29 is 4.79 Å². The summed E-state index contributed by atoms with van der Waals surface area (Å²) in [7, 11) is 1.96. The molecule has 3 heteroatoms. The van der Waals surface area contributed by atoms with E-state index in [0.29, 0.717) is 12.3 Å². The molecule has 0 saturated carbocycles. The van der Waals surface area contributed by atoms with Crippen molar-refractivity contribution in [2.45, 2.75) is 19.3 Å². The third-order valence-corrected chi connectivity index (χ3v) is 2.69. The Morgan fingerprint density at radius 2 is 2.50 bits per heavy atom. The number of allylic oxidation sites excluding steroid dienone is 1. The van der Waals surface area contributed by atoms with Crippen LogP contribution in [0.4, 0.5) is 0 Å². The predicted octanol–water partition coefficient (Wildman–Crippen LogP) is 1.02. The van der Waals surface area contributed by atoms with Crippen molar-refractivity contribution >= 4 is 5.91 Å². The van der Waals surface area contributed by atoms with Crippen molar-refractivity contribution in [3.05, 3.63) is 12.7 Å². The monoisotopic (exact) mass is 196 g/mol. The standard InChI is InChI=1S/C11H20N2O/c1-3-4-5-11(14)13-7-6-10(9-13)8-12-2/h3,10,12H,1,4-9H2,2H3. The minimum atomic E-state index is 0.281. The molecular weight excluding hydrogens is 176 g/mol. The maximum Gasteiger partial charge on any atom is 0.222 e. The van der Waals surface area contributed by atoms with Gasteiger partial charge in [0.2, 0.25) is 5.91 Å². The van der Waals surface area contributed by atoms with E-state index in [1.165, 1.54) is 0 Å². The molecule has 1 atom stereocenters. The zero-order valence-electron chi connectivity index (χ0n) is 8.96. The minimum Gasteiger partial charge on any atom is -0.342 e. The third-order valence-electron chi connectivity index (χ3n) is 2.69. The van der Waals surface area contributed by atoms with Crippen LogP contribution in [0.25, 0.3) is 0 Å². The Morgan fingerprint density at radius 3 is 3.14 bits per heavy atom. The summed E-state index contributed by atoms with van der Waals surface area (Å²) in [6, 6.07) is 0. The Labute approximate surface area is 86.2 Å². The summed E-state index contributed by atoms with van der Waals surface area (Å²) in [4.78, 5) is 13.6. The van der Waals surface area contributed by atoms with Gasteiger partial charge in [-0.25, -0.2) is 0 Å². The van der Waals surface area contributed by atoms with Gasteiger partial charge in [-0.05, 0) is 32.4 Å². The molecule has 1 aliphatic heterocycles. The Balaban J connectivity index is 2.26. The normalized spacial score (nSPS) is 21.2. The topological polar surface area (TPSA) is 32.3 Å². The second-order valence-corrected chi connectivity index (χ2v) is 3.88. The van der Waals surface area contributed by atoms with Gasteiger partial charge < -0.3 is 10.2 Å². The van der Waals surface area contributed by atoms with E-state index in [-0.39, 0.29) is 5.91 Å². The smallest absolute Gasteiger partial charge is 0.222 e. The molecule has 0 bridgehead atoms. The van der Waals surface area contributed by atoms with Crippen LogP contribution < -0.4 is 5.32 Å². The van der Waals surface area contributed by atoms with E-state index in [2.05, 4.69) is 11.9 Å². The fourth-order valence-electron chi connectivity index (χ4n) is 1.90. The molecule has 3 nitrogen and oxygen atoms in total. The van der Waals surface area contributed by atoms with Crippen molar-refractivity contribution in [1.29, 1.82) is 0 Å². The fourth-order valence-corrected chi connectivity index (χ4v) is 1.90. The van der Waals surface area contributed by atoms with Gasteiger partial charge in [-0.1, -0.05) is 6.08 Å². The number of hydrogen-bond acceptors (Lipinski definition) is 2. The Bertz CT molecular complexity index is 203. The van der Waals surface area contributed by atoms with Crippen LogP contribution in [0.1, 0.15) is 19.3 Å². The third kappa shape index (κ3) is 3.14. The first-order valence-corrected chi connectivity index (χ1v) is 5.31. The zero-order chi connectivity index (χ0) is 10.4. The molecule has 1 N–H and O–H groups in total. The van der Waals surface area contributed by atoms with Crippen LogP contribution in [0.5, 0.6) is 0 Å². The molecule has 80 valence electrons. The highest BCUT2D eigenvalue weighted by molar-refractivity contribution is 5.76. The lowest BCUT2D eigenvalue weighted by molar-refractivity contribution is -0.130. The maximum absolute atomic E-state index is 11.6. The lowest BCUT2D eigenvalue weighted by Crippen LogP contribution is -2.30. The molecule has 1 aliphatic rings. The molecule has 1 saturated heterocycles. The predicted molar refractivity (Wildman–Crippen MR) is 58.0 cm³/mol. The molecule has 0 aromatic heterocycles. The molecule has 0 aromatic carbocycles. The van der Waals surface area contributed by atoms with E-state index in [1.807, 2.05) is 11.9 Å². The van der Waals surface area contributed by atoms with Crippen LogP contribution in [0, 0.1) is 5.92 Å². The van der Waals surface area contributed by atoms with Crippen molar-refractivity contribution in [3.8, 4) is 0 Å². The average molecular weight is 196 g/mol. The first-order chi connectivity index (χ1) is 6.77. The summed E-state index contributed by atoms with van der Waals surface area (Å²) < 4.78 is 0. The van der Waals surface area contributed by atoms with E-state index in [9.17, 15) is 4.79 Å².